The molecule has 0 spiro atoms. The molecule has 18 heteroatoms. The summed E-state index contributed by atoms with van der Waals surface area (Å²) in [6, 6.07) is 0. The van der Waals surface area contributed by atoms with Crippen molar-refractivity contribution >= 4 is 27.6 Å². The van der Waals surface area contributed by atoms with Crippen molar-refractivity contribution < 1.29 is 77.6 Å². The summed E-state index contributed by atoms with van der Waals surface area (Å²) in [5.41, 5.74) is 0. The first kappa shape index (κ1) is 26.0. The Hall–Kier alpha value is -1.00. The molecule has 16 nitrogen and oxygen atoms in total. The molecule has 1 rings (SSSR count). The molecular formula is C11H20O16P2. The minimum Gasteiger partial charge on any atom is -0.481 e. The fourth-order valence-electron chi connectivity index (χ4n) is 2.39. The van der Waals surface area contributed by atoms with Crippen LogP contribution in [0.4, 0.5) is 0 Å². The van der Waals surface area contributed by atoms with E-state index in [-0.39, 0.29) is 0 Å². The fraction of sp³-hybridized carbons (Fsp3) is 0.818. The smallest absolute Gasteiger partial charge is 0.472 e. The molecule has 1 fully saturated rings. The summed E-state index contributed by atoms with van der Waals surface area (Å²) in [5, 5.41) is 56.7. The predicted octanol–water partition coefficient (Wildman–Crippen LogP) is -3.40. The van der Waals surface area contributed by atoms with E-state index in [1.165, 1.54) is 0 Å². The largest absolute Gasteiger partial charge is 0.481 e. The molecule has 0 saturated heterocycles. The fourth-order valence-corrected chi connectivity index (χ4v) is 3.94. The molecule has 0 aromatic heterocycles. The summed E-state index contributed by atoms with van der Waals surface area (Å²) >= 11 is 0. The molecule has 8 atom stereocenters. The summed E-state index contributed by atoms with van der Waals surface area (Å²) < 4.78 is 35.8. The number of hydrogen-bond acceptors (Lipinski definition) is 11. The topological polar surface area (TPSA) is 278 Å². The lowest BCUT2D eigenvalue weighted by Crippen LogP contribution is -2.64. The number of rotatable bonds is 10. The molecular weight excluding hydrogens is 450 g/mol. The Balaban J connectivity index is 2.94. The zero-order valence-corrected chi connectivity index (χ0v) is 16.0. The normalized spacial score (nSPS) is 33.6. The van der Waals surface area contributed by atoms with Crippen molar-refractivity contribution in [3.63, 3.8) is 0 Å². The van der Waals surface area contributed by atoms with Crippen molar-refractivity contribution in [3.8, 4) is 0 Å². The van der Waals surface area contributed by atoms with Crippen molar-refractivity contribution in [2.45, 2.75) is 43.0 Å². The number of carboxylic acids is 2. The van der Waals surface area contributed by atoms with Crippen molar-refractivity contribution in [1.82, 2.24) is 0 Å². The van der Waals surface area contributed by atoms with Gasteiger partial charge in [-0.25, -0.2) is 9.13 Å². The van der Waals surface area contributed by atoms with E-state index in [2.05, 4.69) is 13.6 Å². The van der Waals surface area contributed by atoms with Crippen LogP contribution in [0.1, 0.15) is 6.42 Å². The maximum atomic E-state index is 12.0. The molecule has 0 aromatic carbocycles. The van der Waals surface area contributed by atoms with Gasteiger partial charge in [-0.3, -0.25) is 23.2 Å². The van der Waals surface area contributed by atoms with Crippen LogP contribution in [0.15, 0.2) is 0 Å². The molecule has 8 unspecified atom stereocenters. The van der Waals surface area contributed by atoms with Gasteiger partial charge in [-0.15, -0.1) is 0 Å². The molecule has 29 heavy (non-hydrogen) atoms. The molecule has 1 aliphatic carbocycles. The third-order valence-electron chi connectivity index (χ3n) is 3.77. The Morgan fingerprint density at radius 1 is 0.828 bits per heavy atom. The number of phosphoric acid groups is 2. The zero-order valence-electron chi connectivity index (χ0n) is 14.2. The van der Waals surface area contributed by atoms with Crippen LogP contribution in [-0.2, 0) is 32.3 Å². The van der Waals surface area contributed by atoms with Gasteiger partial charge in [0, 0.05) is 0 Å². The van der Waals surface area contributed by atoms with E-state index < -0.39 is 83.2 Å². The SMILES string of the molecule is O=C(O)CC(COP(=O)(O)OC1C(O)C(O)C(O)C(OP(=O)(O)O)C1O)C(=O)O. The maximum Gasteiger partial charge on any atom is 0.472 e. The van der Waals surface area contributed by atoms with Crippen LogP contribution in [0.2, 0.25) is 0 Å². The van der Waals surface area contributed by atoms with Gasteiger partial charge in [0.25, 0.3) is 0 Å². The Morgan fingerprint density at radius 3 is 1.72 bits per heavy atom. The van der Waals surface area contributed by atoms with Gasteiger partial charge in [-0.05, 0) is 0 Å². The first-order chi connectivity index (χ1) is 13.1. The quantitative estimate of drug-likeness (QED) is 0.141. The Labute approximate surface area is 161 Å². The maximum absolute atomic E-state index is 12.0. The summed E-state index contributed by atoms with van der Waals surface area (Å²) in [6.45, 7) is -1.14. The second-order valence-electron chi connectivity index (χ2n) is 5.99. The highest BCUT2D eigenvalue weighted by atomic mass is 31.2. The van der Waals surface area contributed by atoms with E-state index in [1.807, 2.05) is 0 Å². The Morgan fingerprint density at radius 2 is 1.31 bits per heavy atom. The highest BCUT2D eigenvalue weighted by Crippen LogP contribution is 2.49. The average molecular weight is 470 g/mol. The van der Waals surface area contributed by atoms with Crippen LogP contribution >= 0.6 is 15.6 Å². The second-order valence-corrected chi connectivity index (χ2v) is 8.59. The van der Waals surface area contributed by atoms with Crippen LogP contribution in [0.5, 0.6) is 0 Å². The monoisotopic (exact) mass is 470 g/mol. The standard InChI is InChI=1S/C11H20O16P2/c12-4(13)1-3(11(18)19)2-25-29(23,24)27-10-7(16)5(14)6(15)9(8(10)17)26-28(20,21)22/h3,5-10,14-17H,1-2H2,(H,12,13)(H,18,19)(H,23,24)(H2,20,21,22). The van der Waals surface area contributed by atoms with E-state index >= 15 is 0 Å². The van der Waals surface area contributed by atoms with Crippen LogP contribution in [0.25, 0.3) is 0 Å². The number of aliphatic carboxylic acids is 2. The molecule has 0 heterocycles. The van der Waals surface area contributed by atoms with Crippen molar-refractivity contribution in [2.75, 3.05) is 6.61 Å². The number of phosphoric ester groups is 2. The Kier molecular flexibility index (Phi) is 8.86. The molecule has 170 valence electrons. The lowest BCUT2D eigenvalue weighted by atomic mass is 9.85. The van der Waals surface area contributed by atoms with Crippen LogP contribution in [0.3, 0.4) is 0 Å². The minimum absolute atomic E-state index is 0.979. The number of aliphatic hydroxyl groups excluding tert-OH is 4. The summed E-state index contributed by atoms with van der Waals surface area (Å²) in [5.74, 6) is -5.00. The number of carbonyl (C=O) groups is 2. The minimum atomic E-state index is -5.34. The predicted molar refractivity (Wildman–Crippen MR) is 85.0 cm³/mol. The number of hydrogen-bond donors (Lipinski definition) is 9. The molecule has 0 radical (unpaired) electrons. The van der Waals surface area contributed by atoms with Gasteiger partial charge >= 0.3 is 27.6 Å². The van der Waals surface area contributed by atoms with Crippen molar-refractivity contribution in [1.29, 1.82) is 0 Å². The number of carboxylic acid groups (broad SMARTS) is 2. The first-order valence-electron chi connectivity index (χ1n) is 7.62. The van der Waals surface area contributed by atoms with E-state index in [0.717, 1.165) is 0 Å². The van der Waals surface area contributed by atoms with Crippen molar-refractivity contribution in [2.24, 2.45) is 5.92 Å². The second kappa shape index (κ2) is 9.87. The molecule has 0 bridgehead atoms. The molecule has 1 aliphatic rings. The van der Waals surface area contributed by atoms with E-state index in [1.54, 1.807) is 0 Å². The summed E-state index contributed by atoms with van der Waals surface area (Å²) in [6.07, 6.45) is -14.7. The van der Waals surface area contributed by atoms with Gasteiger partial charge in [-0.1, -0.05) is 0 Å². The van der Waals surface area contributed by atoms with Crippen LogP contribution < -0.4 is 0 Å². The summed E-state index contributed by atoms with van der Waals surface area (Å²) in [7, 11) is -10.7. The molecule has 9 N–H and O–H groups in total. The lowest BCUT2D eigenvalue weighted by molar-refractivity contribution is -0.216. The third kappa shape index (κ3) is 7.64. The Bertz CT molecular complexity index is 690. The third-order valence-corrected chi connectivity index (χ3v) is 5.27. The lowest BCUT2D eigenvalue weighted by Gasteiger charge is -2.43. The molecule has 0 aliphatic heterocycles. The zero-order chi connectivity index (χ0) is 22.7. The van der Waals surface area contributed by atoms with Crippen molar-refractivity contribution in [3.05, 3.63) is 0 Å². The van der Waals surface area contributed by atoms with Crippen LogP contribution in [-0.4, -0.2) is 100 Å². The average Bonchev–Trinajstić information content (AvgIpc) is 2.56. The van der Waals surface area contributed by atoms with E-state index in [0.29, 0.717) is 0 Å². The van der Waals surface area contributed by atoms with Crippen LogP contribution in [0, 0.1) is 5.92 Å². The molecule has 0 amide bonds. The van der Waals surface area contributed by atoms with Gasteiger partial charge in [0.15, 0.2) is 0 Å². The van der Waals surface area contributed by atoms with Gasteiger partial charge in [-0.2, -0.15) is 0 Å². The van der Waals surface area contributed by atoms with E-state index in [9.17, 15) is 44.0 Å². The molecule has 1 saturated carbocycles. The number of aliphatic hydroxyl groups is 4. The molecule has 0 aromatic rings. The first-order valence-corrected chi connectivity index (χ1v) is 10.6. The van der Waals surface area contributed by atoms with Gasteiger partial charge in [0.05, 0.1) is 18.9 Å². The van der Waals surface area contributed by atoms with E-state index in [4.69, 9.17) is 20.0 Å². The highest BCUT2D eigenvalue weighted by Gasteiger charge is 2.54. The van der Waals surface area contributed by atoms with Gasteiger partial charge < -0.3 is 45.3 Å². The highest BCUT2D eigenvalue weighted by molar-refractivity contribution is 7.47. The summed E-state index contributed by atoms with van der Waals surface area (Å²) in [4.78, 5) is 48.7. The van der Waals surface area contributed by atoms with Gasteiger partial charge in [0.2, 0.25) is 0 Å². The van der Waals surface area contributed by atoms with Gasteiger partial charge in [0.1, 0.15) is 36.6 Å².